The molecule has 2 N–H and O–H groups in total. The largest absolute Gasteiger partial charge is 0.451 e. The van der Waals surface area contributed by atoms with E-state index in [9.17, 15) is 24.6 Å². The fourth-order valence-electron chi connectivity index (χ4n) is 8.16. The summed E-state index contributed by atoms with van der Waals surface area (Å²) in [6, 6.07) is 0. The van der Waals surface area contributed by atoms with Crippen LogP contribution in [-0.4, -0.2) is 46.1 Å². The van der Waals surface area contributed by atoms with Crippen molar-refractivity contribution in [1.29, 1.82) is 0 Å². The van der Waals surface area contributed by atoms with Crippen LogP contribution in [0.4, 0.5) is 0 Å². The van der Waals surface area contributed by atoms with Gasteiger partial charge in [0.25, 0.3) is 0 Å². The standard InChI is InChI=1S/C24H34O6/c1-13-9-16-17-6-8-24(20(29)12-25,30-14(2)26)23(17,4)11-19(28)21(16)22(3)7-5-15(27)10-18(13)22/h10,13,16-17,19,21,25,28H,5-9,11-12H2,1-4H3/t13?,16-,17-,19?,21+,22-,23-,24-/m0/s1. The van der Waals surface area contributed by atoms with Crippen molar-refractivity contribution in [3.05, 3.63) is 11.6 Å². The summed E-state index contributed by atoms with van der Waals surface area (Å²) < 4.78 is 5.71. The number of aliphatic hydroxyl groups excluding tert-OH is 2. The van der Waals surface area contributed by atoms with Gasteiger partial charge in [-0.2, -0.15) is 0 Å². The number of rotatable bonds is 3. The van der Waals surface area contributed by atoms with Crippen LogP contribution in [0.25, 0.3) is 0 Å². The van der Waals surface area contributed by atoms with Crippen LogP contribution in [0.3, 0.4) is 0 Å². The molecule has 4 rings (SSSR count). The van der Waals surface area contributed by atoms with E-state index in [2.05, 4.69) is 13.8 Å². The number of carbonyl (C=O) groups excluding carboxylic acids is 3. The lowest BCUT2D eigenvalue weighted by atomic mass is 9.44. The van der Waals surface area contributed by atoms with Gasteiger partial charge in [-0.25, -0.2) is 0 Å². The monoisotopic (exact) mass is 418 g/mol. The highest BCUT2D eigenvalue weighted by molar-refractivity contribution is 5.92. The molecule has 0 saturated heterocycles. The molecule has 0 amide bonds. The number of fused-ring (bicyclic) bond motifs is 5. The van der Waals surface area contributed by atoms with Crippen LogP contribution in [-0.2, 0) is 19.1 Å². The van der Waals surface area contributed by atoms with Gasteiger partial charge in [0.1, 0.15) is 6.61 Å². The van der Waals surface area contributed by atoms with Crippen molar-refractivity contribution in [3.63, 3.8) is 0 Å². The highest BCUT2D eigenvalue weighted by Gasteiger charge is 2.70. The molecule has 4 aliphatic carbocycles. The van der Waals surface area contributed by atoms with E-state index < -0.39 is 35.5 Å². The predicted molar refractivity (Wildman–Crippen MR) is 109 cm³/mol. The molecule has 0 aromatic rings. The van der Waals surface area contributed by atoms with E-state index in [0.29, 0.717) is 19.3 Å². The zero-order valence-corrected chi connectivity index (χ0v) is 18.4. The van der Waals surface area contributed by atoms with E-state index in [1.165, 1.54) is 12.5 Å². The molecule has 166 valence electrons. The van der Waals surface area contributed by atoms with Gasteiger partial charge in [-0.15, -0.1) is 0 Å². The second kappa shape index (κ2) is 6.99. The molecule has 3 fully saturated rings. The molecular weight excluding hydrogens is 384 g/mol. The number of ether oxygens (including phenoxy) is 1. The SMILES string of the molecule is CC(=O)O[C@]1(C(=O)CO)CC[C@H]2[C@@H]3CC(C)C4=CC(=O)CC[C@]4(C)[C@H]3C(O)C[C@@]21C. The zero-order valence-electron chi connectivity index (χ0n) is 18.4. The molecule has 4 aliphatic rings. The molecule has 0 spiro atoms. The molecule has 0 aliphatic heterocycles. The Morgan fingerprint density at radius 1 is 1.27 bits per heavy atom. The van der Waals surface area contributed by atoms with Crippen molar-refractivity contribution in [2.75, 3.05) is 6.61 Å². The Morgan fingerprint density at radius 3 is 2.60 bits per heavy atom. The normalized spacial score (nSPS) is 47.6. The number of esters is 1. The van der Waals surface area contributed by atoms with E-state index in [0.717, 1.165) is 19.3 Å². The summed E-state index contributed by atoms with van der Waals surface area (Å²) in [5, 5.41) is 21.2. The molecule has 0 aromatic heterocycles. The highest BCUT2D eigenvalue weighted by Crippen LogP contribution is 2.69. The van der Waals surface area contributed by atoms with E-state index in [-0.39, 0.29) is 34.9 Å². The van der Waals surface area contributed by atoms with Crippen molar-refractivity contribution in [1.82, 2.24) is 0 Å². The van der Waals surface area contributed by atoms with Gasteiger partial charge < -0.3 is 14.9 Å². The lowest BCUT2D eigenvalue weighted by Crippen LogP contribution is -2.63. The van der Waals surface area contributed by atoms with Crippen LogP contribution in [0.2, 0.25) is 0 Å². The van der Waals surface area contributed by atoms with Gasteiger partial charge in [0.05, 0.1) is 6.10 Å². The van der Waals surface area contributed by atoms with Crippen LogP contribution in [0.5, 0.6) is 0 Å². The van der Waals surface area contributed by atoms with Gasteiger partial charge in [-0.3, -0.25) is 14.4 Å². The van der Waals surface area contributed by atoms with Crippen LogP contribution < -0.4 is 0 Å². The van der Waals surface area contributed by atoms with Gasteiger partial charge in [0, 0.05) is 18.8 Å². The molecule has 30 heavy (non-hydrogen) atoms. The van der Waals surface area contributed by atoms with Gasteiger partial charge in [-0.1, -0.05) is 26.3 Å². The van der Waals surface area contributed by atoms with E-state index in [1.54, 1.807) is 0 Å². The summed E-state index contributed by atoms with van der Waals surface area (Å²) in [5.74, 6) is -0.295. The zero-order chi connectivity index (χ0) is 22.1. The van der Waals surface area contributed by atoms with Gasteiger partial charge in [0.15, 0.2) is 11.4 Å². The number of carbonyl (C=O) groups is 3. The van der Waals surface area contributed by atoms with E-state index >= 15 is 0 Å². The molecule has 2 unspecified atom stereocenters. The Labute approximate surface area is 178 Å². The van der Waals surface area contributed by atoms with Crippen LogP contribution >= 0.6 is 0 Å². The Hall–Kier alpha value is -1.53. The minimum absolute atomic E-state index is 0.0171. The summed E-state index contributed by atoms with van der Waals surface area (Å²) in [6.45, 7) is 6.93. The maximum absolute atomic E-state index is 12.9. The Morgan fingerprint density at radius 2 is 1.97 bits per heavy atom. The molecule has 0 radical (unpaired) electrons. The van der Waals surface area contributed by atoms with Crippen LogP contribution in [0, 0.1) is 34.5 Å². The maximum Gasteiger partial charge on any atom is 0.303 e. The van der Waals surface area contributed by atoms with Gasteiger partial charge >= 0.3 is 5.97 Å². The van der Waals surface area contributed by atoms with Gasteiger partial charge in [0.2, 0.25) is 5.78 Å². The molecule has 0 aromatic carbocycles. The number of Topliss-reactive ketones (excluding diaryl/α,β-unsaturated/α-hetero) is 1. The van der Waals surface area contributed by atoms with Crippen LogP contribution in [0.1, 0.15) is 66.2 Å². The van der Waals surface area contributed by atoms with Gasteiger partial charge in [-0.05, 0) is 67.3 Å². The summed E-state index contributed by atoms with van der Waals surface area (Å²) in [4.78, 5) is 37.0. The Bertz CT molecular complexity index is 817. The maximum atomic E-state index is 12.9. The molecule has 0 bridgehead atoms. The first-order valence-corrected chi connectivity index (χ1v) is 11.3. The number of allylic oxidation sites excluding steroid dienone is 1. The number of ketones is 2. The topological polar surface area (TPSA) is 101 Å². The van der Waals surface area contributed by atoms with Crippen molar-refractivity contribution in [3.8, 4) is 0 Å². The first-order chi connectivity index (χ1) is 14.0. The Kier molecular flexibility index (Phi) is 5.06. The predicted octanol–water partition coefficient (Wildman–Crippen LogP) is 2.60. The average Bonchev–Trinajstić information content (AvgIpc) is 2.94. The van der Waals surface area contributed by atoms with Crippen LogP contribution in [0.15, 0.2) is 11.6 Å². The molecule has 3 saturated carbocycles. The smallest absolute Gasteiger partial charge is 0.303 e. The first kappa shape index (κ1) is 21.7. The summed E-state index contributed by atoms with van der Waals surface area (Å²) in [5.41, 5.74) is -1.17. The molecule has 6 heteroatoms. The second-order valence-electron chi connectivity index (χ2n) is 10.6. The summed E-state index contributed by atoms with van der Waals surface area (Å²) in [7, 11) is 0. The summed E-state index contributed by atoms with van der Waals surface area (Å²) >= 11 is 0. The number of hydrogen-bond acceptors (Lipinski definition) is 6. The molecular formula is C24H34O6. The highest BCUT2D eigenvalue weighted by atomic mass is 16.6. The third-order valence-corrected chi connectivity index (χ3v) is 9.25. The van der Waals surface area contributed by atoms with Crippen molar-refractivity contribution < 1.29 is 29.3 Å². The van der Waals surface area contributed by atoms with E-state index in [4.69, 9.17) is 4.74 Å². The third-order valence-electron chi connectivity index (χ3n) is 9.25. The van der Waals surface area contributed by atoms with E-state index in [1.807, 2.05) is 13.0 Å². The molecule has 6 nitrogen and oxygen atoms in total. The lowest BCUT2D eigenvalue weighted by Gasteiger charge is -2.62. The third kappa shape index (κ3) is 2.72. The minimum Gasteiger partial charge on any atom is -0.451 e. The lowest BCUT2D eigenvalue weighted by molar-refractivity contribution is -0.202. The minimum atomic E-state index is -1.38. The fraction of sp³-hybridized carbons (Fsp3) is 0.792. The Balaban J connectivity index is 1.79. The van der Waals surface area contributed by atoms with Crippen molar-refractivity contribution in [2.24, 2.45) is 34.5 Å². The summed E-state index contributed by atoms with van der Waals surface area (Å²) in [6.07, 6.45) is 4.71. The fourth-order valence-corrected chi connectivity index (χ4v) is 8.16. The first-order valence-electron chi connectivity index (χ1n) is 11.3. The molecule has 0 heterocycles. The van der Waals surface area contributed by atoms with Crippen molar-refractivity contribution in [2.45, 2.75) is 77.9 Å². The second-order valence-corrected chi connectivity index (χ2v) is 10.6. The number of hydrogen-bond donors (Lipinski definition) is 2. The average molecular weight is 419 g/mol. The molecule has 8 atom stereocenters. The van der Waals surface area contributed by atoms with Crippen molar-refractivity contribution >= 4 is 17.5 Å². The number of aliphatic hydroxyl groups is 2. The quantitative estimate of drug-likeness (QED) is 0.683.